The zero-order valence-electron chi connectivity index (χ0n) is 16.8. The summed E-state index contributed by atoms with van der Waals surface area (Å²) in [6, 6.07) is 26.1. The molecule has 0 aliphatic rings. The van der Waals surface area contributed by atoms with Crippen molar-refractivity contribution < 1.29 is 28.4 Å². The molecule has 0 spiro atoms. The molecule has 3 aromatic rings. The molecular weight excluding hydrogens is 417 g/mol. The second-order valence-electron chi connectivity index (χ2n) is 6.78. The molecule has 0 radical (unpaired) electrons. The van der Waals surface area contributed by atoms with Crippen LogP contribution in [0, 0.1) is 0 Å². The second-order valence-corrected chi connectivity index (χ2v) is 8.69. The smallest absolute Gasteiger partial charge is 0.432 e. The standard InChI is InChI=1S/C23H24NO6P/c25-23(29-18-21-9-5-2-6-10-21)24-30-31(26,27)16-15-19-11-13-22(14-12-19)28-17-20-7-3-1-4-8-20/h1-14H,15-18H2,(H,24,25)(H,26,27). The fourth-order valence-corrected chi connectivity index (χ4v) is 3.52. The lowest BCUT2D eigenvalue weighted by molar-refractivity contribution is 0.0885. The summed E-state index contributed by atoms with van der Waals surface area (Å²) in [6.45, 7) is 0.496. The average Bonchev–Trinajstić information content (AvgIpc) is 2.81. The van der Waals surface area contributed by atoms with Gasteiger partial charge in [0, 0.05) is 0 Å². The maximum absolute atomic E-state index is 12.1. The molecule has 0 saturated heterocycles. The first-order chi connectivity index (χ1) is 15.0. The first-order valence-electron chi connectivity index (χ1n) is 9.73. The van der Waals surface area contributed by atoms with Gasteiger partial charge in [0.25, 0.3) is 0 Å². The summed E-state index contributed by atoms with van der Waals surface area (Å²) in [5.74, 6) is 0.707. The van der Waals surface area contributed by atoms with Crippen LogP contribution in [0.2, 0.25) is 0 Å². The van der Waals surface area contributed by atoms with Crippen LogP contribution >= 0.6 is 7.60 Å². The molecular formula is C23H24NO6P. The van der Waals surface area contributed by atoms with Gasteiger partial charge in [-0.2, -0.15) is 10.1 Å². The number of hydroxylamine groups is 1. The third kappa shape index (κ3) is 8.26. The van der Waals surface area contributed by atoms with Crippen molar-refractivity contribution in [2.24, 2.45) is 0 Å². The molecule has 1 unspecified atom stereocenters. The molecule has 0 heterocycles. The number of aryl methyl sites for hydroxylation is 1. The van der Waals surface area contributed by atoms with Crippen LogP contribution in [-0.4, -0.2) is 17.1 Å². The van der Waals surface area contributed by atoms with Crippen molar-refractivity contribution in [1.29, 1.82) is 0 Å². The fourth-order valence-electron chi connectivity index (χ4n) is 2.67. The van der Waals surface area contributed by atoms with Gasteiger partial charge in [-0.05, 0) is 35.2 Å². The Morgan fingerprint density at radius 2 is 1.39 bits per heavy atom. The Balaban J connectivity index is 1.38. The Labute approximate surface area is 181 Å². The molecule has 31 heavy (non-hydrogen) atoms. The summed E-state index contributed by atoms with van der Waals surface area (Å²) in [5, 5.41) is 0. The fraction of sp³-hybridized carbons (Fsp3) is 0.174. The quantitative estimate of drug-likeness (QED) is 0.345. The number of ether oxygens (including phenoxy) is 2. The largest absolute Gasteiger partial charge is 0.489 e. The van der Waals surface area contributed by atoms with Gasteiger partial charge in [0.1, 0.15) is 19.0 Å². The third-order valence-corrected chi connectivity index (χ3v) is 5.50. The van der Waals surface area contributed by atoms with E-state index in [9.17, 15) is 14.3 Å². The zero-order chi connectivity index (χ0) is 21.9. The molecule has 0 aliphatic carbocycles. The number of carbonyl (C=O) groups is 1. The molecule has 0 aromatic heterocycles. The Bertz CT molecular complexity index is 996. The minimum Gasteiger partial charge on any atom is -0.489 e. The topological polar surface area (TPSA) is 94.1 Å². The summed E-state index contributed by atoms with van der Waals surface area (Å²) in [5.41, 5.74) is 4.58. The van der Waals surface area contributed by atoms with E-state index in [1.807, 2.05) is 66.1 Å². The molecule has 0 fully saturated rings. The van der Waals surface area contributed by atoms with Crippen LogP contribution in [0.1, 0.15) is 16.7 Å². The van der Waals surface area contributed by atoms with E-state index in [1.54, 1.807) is 24.3 Å². The predicted molar refractivity (Wildman–Crippen MR) is 116 cm³/mol. The number of hydrogen-bond acceptors (Lipinski definition) is 5. The summed E-state index contributed by atoms with van der Waals surface area (Å²) >= 11 is 0. The van der Waals surface area contributed by atoms with Crippen molar-refractivity contribution in [2.75, 3.05) is 6.16 Å². The number of benzene rings is 3. The molecule has 8 heteroatoms. The molecule has 1 amide bonds. The van der Waals surface area contributed by atoms with Gasteiger partial charge >= 0.3 is 13.7 Å². The van der Waals surface area contributed by atoms with Gasteiger partial charge in [-0.1, -0.05) is 72.8 Å². The predicted octanol–water partition coefficient (Wildman–Crippen LogP) is 4.85. The van der Waals surface area contributed by atoms with E-state index in [4.69, 9.17) is 9.47 Å². The van der Waals surface area contributed by atoms with Crippen molar-refractivity contribution >= 4 is 13.7 Å². The van der Waals surface area contributed by atoms with Crippen LogP contribution in [0.25, 0.3) is 0 Å². The van der Waals surface area contributed by atoms with E-state index in [1.165, 1.54) is 0 Å². The Hall–Kier alpha value is -3.12. The second kappa shape index (κ2) is 11.3. The van der Waals surface area contributed by atoms with Gasteiger partial charge < -0.3 is 14.4 Å². The van der Waals surface area contributed by atoms with E-state index < -0.39 is 13.7 Å². The van der Waals surface area contributed by atoms with Crippen LogP contribution < -0.4 is 10.2 Å². The number of carbonyl (C=O) groups excluding carboxylic acids is 1. The minimum atomic E-state index is -4.02. The Morgan fingerprint density at radius 3 is 2.00 bits per heavy atom. The summed E-state index contributed by atoms with van der Waals surface area (Å²) in [7, 11) is -4.02. The summed E-state index contributed by atoms with van der Waals surface area (Å²) in [4.78, 5) is 21.5. The maximum atomic E-state index is 12.1. The van der Waals surface area contributed by atoms with Gasteiger partial charge in [-0.25, -0.2) is 4.79 Å². The van der Waals surface area contributed by atoms with Crippen molar-refractivity contribution in [3.8, 4) is 5.75 Å². The van der Waals surface area contributed by atoms with Crippen molar-refractivity contribution in [1.82, 2.24) is 5.48 Å². The van der Waals surface area contributed by atoms with E-state index in [0.29, 0.717) is 18.8 Å². The highest BCUT2D eigenvalue weighted by atomic mass is 31.2. The van der Waals surface area contributed by atoms with Gasteiger partial charge in [-0.3, -0.25) is 4.57 Å². The SMILES string of the molecule is O=C(NOP(=O)(O)CCc1ccc(OCc2ccccc2)cc1)OCc1ccccc1. The summed E-state index contributed by atoms with van der Waals surface area (Å²) < 4.78 is 27.5. The van der Waals surface area contributed by atoms with E-state index in [0.717, 1.165) is 16.7 Å². The van der Waals surface area contributed by atoms with Crippen LogP contribution in [0.5, 0.6) is 5.75 Å². The molecule has 0 bridgehead atoms. The Morgan fingerprint density at radius 1 is 0.806 bits per heavy atom. The van der Waals surface area contributed by atoms with E-state index in [2.05, 4.69) is 4.62 Å². The van der Waals surface area contributed by atoms with Crippen molar-refractivity contribution in [3.05, 3.63) is 102 Å². The molecule has 162 valence electrons. The average molecular weight is 441 g/mol. The van der Waals surface area contributed by atoms with Crippen LogP contribution in [-0.2, 0) is 33.6 Å². The number of hydrogen-bond donors (Lipinski definition) is 2. The number of rotatable bonds is 10. The van der Waals surface area contributed by atoms with E-state index >= 15 is 0 Å². The minimum absolute atomic E-state index is 0.0322. The molecule has 3 aromatic carbocycles. The van der Waals surface area contributed by atoms with Crippen molar-refractivity contribution in [2.45, 2.75) is 19.6 Å². The monoisotopic (exact) mass is 441 g/mol. The number of nitrogens with one attached hydrogen (secondary N) is 1. The zero-order valence-corrected chi connectivity index (χ0v) is 17.7. The first kappa shape index (κ1) is 22.6. The lowest BCUT2D eigenvalue weighted by atomic mass is 10.2. The van der Waals surface area contributed by atoms with Crippen LogP contribution in [0.4, 0.5) is 4.79 Å². The first-order valence-corrected chi connectivity index (χ1v) is 11.5. The molecule has 0 aliphatic heterocycles. The van der Waals surface area contributed by atoms with Crippen molar-refractivity contribution in [3.63, 3.8) is 0 Å². The van der Waals surface area contributed by atoms with E-state index in [-0.39, 0.29) is 12.8 Å². The van der Waals surface area contributed by atoms with Gasteiger partial charge in [-0.15, -0.1) is 0 Å². The van der Waals surface area contributed by atoms with Gasteiger partial charge in [0.15, 0.2) is 0 Å². The highest BCUT2D eigenvalue weighted by molar-refractivity contribution is 7.52. The lowest BCUT2D eigenvalue weighted by Crippen LogP contribution is -2.24. The van der Waals surface area contributed by atoms with Crippen LogP contribution in [0.3, 0.4) is 0 Å². The normalized spacial score (nSPS) is 12.5. The van der Waals surface area contributed by atoms with Gasteiger partial charge in [0.05, 0.1) is 6.16 Å². The van der Waals surface area contributed by atoms with Gasteiger partial charge in [0.2, 0.25) is 0 Å². The molecule has 7 nitrogen and oxygen atoms in total. The lowest BCUT2D eigenvalue weighted by Gasteiger charge is -2.13. The molecule has 3 rings (SSSR count). The highest BCUT2D eigenvalue weighted by Gasteiger charge is 2.21. The highest BCUT2D eigenvalue weighted by Crippen LogP contribution is 2.41. The van der Waals surface area contributed by atoms with Crippen LogP contribution in [0.15, 0.2) is 84.9 Å². The molecule has 2 N–H and O–H groups in total. The Kier molecular flexibility index (Phi) is 8.24. The molecule has 0 saturated carbocycles. The summed E-state index contributed by atoms with van der Waals surface area (Å²) in [6.07, 6.45) is -0.790. The maximum Gasteiger partial charge on any atom is 0.432 e. The third-order valence-electron chi connectivity index (χ3n) is 4.34. The number of amides is 1. The molecule has 1 atom stereocenters.